The molecule has 1 amide bonds. The van der Waals surface area contributed by atoms with Gasteiger partial charge >= 0.3 is 17.8 Å². The molecule has 1 saturated heterocycles. The summed E-state index contributed by atoms with van der Waals surface area (Å²) in [5, 5.41) is 21.3. The van der Waals surface area contributed by atoms with Gasteiger partial charge in [0, 0.05) is 12.7 Å². The quantitative estimate of drug-likeness (QED) is 0.112. The molecule has 1 aliphatic rings. The van der Waals surface area contributed by atoms with E-state index in [0.717, 1.165) is 9.13 Å². The fraction of sp³-hybridized carbons (Fsp3) is 0.417. The van der Waals surface area contributed by atoms with Gasteiger partial charge in [-0.25, -0.2) is 29.4 Å². The predicted molar refractivity (Wildman–Crippen MR) is 143 cm³/mol. The van der Waals surface area contributed by atoms with Crippen molar-refractivity contribution in [3.63, 3.8) is 0 Å². The fourth-order valence-corrected chi connectivity index (χ4v) is 4.06. The average Bonchev–Trinajstić information content (AvgIpc) is 3.32. The fourth-order valence-electron chi connectivity index (χ4n) is 4.06. The number of pyridine rings is 1. The zero-order chi connectivity index (χ0) is 30.1. The lowest BCUT2D eigenvalue weighted by Gasteiger charge is -2.19. The van der Waals surface area contributed by atoms with Crippen LogP contribution in [0.15, 0.2) is 40.6 Å². The number of nitrogens with two attached hydrogens (primary N) is 1. The van der Waals surface area contributed by atoms with Crippen LogP contribution in [-0.4, -0.2) is 76.9 Å². The summed E-state index contributed by atoms with van der Waals surface area (Å²) in [5.74, 6) is -0.887. The van der Waals surface area contributed by atoms with E-state index < -0.39 is 60.1 Å². The van der Waals surface area contributed by atoms with Gasteiger partial charge < -0.3 is 30.2 Å². The van der Waals surface area contributed by atoms with E-state index in [2.05, 4.69) is 32.4 Å². The van der Waals surface area contributed by atoms with E-state index in [-0.39, 0.29) is 35.0 Å². The zero-order valence-corrected chi connectivity index (χ0v) is 22.4. The van der Waals surface area contributed by atoms with Gasteiger partial charge in [-0.3, -0.25) is 19.8 Å². The minimum Gasteiger partial charge on any atom is -0.459 e. The Balaban J connectivity index is 1.43. The second-order valence-corrected chi connectivity index (χ2v) is 10.0. The summed E-state index contributed by atoms with van der Waals surface area (Å²) in [6.45, 7) is 8.15. The minimum atomic E-state index is -1.65. The Morgan fingerprint density at radius 1 is 1.27 bits per heavy atom. The van der Waals surface area contributed by atoms with Gasteiger partial charge in [0.25, 0.3) is 5.56 Å². The third kappa shape index (κ3) is 6.21. The highest BCUT2D eigenvalue weighted by Crippen LogP contribution is 2.30. The number of rotatable bonds is 8. The number of nitrogens with one attached hydrogen (secondary N) is 3. The van der Waals surface area contributed by atoms with Crippen LogP contribution < -0.4 is 27.8 Å². The third-order valence-electron chi connectivity index (χ3n) is 5.80. The van der Waals surface area contributed by atoms with Crippen LogP contribution in [0.25, 0.3) is 11.2 Å². The van der Waals surface area contributed by atoms with Crippen molar-refractivity contribution >= 4 is 35.0 Å². The minimum absolute atomic E-state index is 0.0417. The highest BCUT2D eigenvalue weighted by molar-refractivity contribution is 5.89. The summed E-state index contributed by atoms with van der Waals surface area (Å²) < 4.78 is 18.0. The number of anilines is 2. The van der Waals surface area contributed by atoms with Gasteiger partial charge in [0.15, 0.2) is 17.4 Å². The second kappa shape index (κ2) is 11.4. The van der Waals surface area contributed by atoms with Crippen LogP contribution in [0.3, 0.4) is 0 Å². The molecule has 1 fully saturated rings. The average molecular weight is 575 g/mol. The number of esters is 1. The number of nitrogen functional groups attached to an aromatic ring is 1. The summed E-state index contributed by atoms with van der Waals surface area (Å²) in [4.78, 5) is 60.3. The number of allylic oxidation sites excluding steroid dienone is 1. The van der Waals surface area contributed by atoms with Crippen molar-refractivity contribution in [2.75, 3.05) is 17.8 Å². The van der Waals surface area contributed by atoms with E-state index in [1.54, 1.807) is 20.8 Å². The maximum Gasteiger partial charge on any atom is 0.426 e. The molecule has 0 spiro atoms. The standard InChI is InChI=1S/C24H30N8O9/c1-5-8-31-14-17(27-21(25)28-18(14)35)32(23(31)38)19-16(34)15(33)12(40-19)10-39-20(36)11-6-7-13(26-9-11)29-30-22(37)41-24(2,3)4/h5-7,9,12,15-16,19,33-34H,1,8,10H2,2-4H3,(H,26,29)(H,30,37)(H3,25,27,28,35). The molecule has 4 atom stereocenters. The Kier molecular flexibility index (Phi) is 8.13. The molecular weight excluding hydrogens is 544 g/mol. The van der Waals surface area contributed by atoms with E-state index >= 15 is 0 Å². The van der Waals surface area contributed by atoms with Crippen LogP contribution in [-0.2, 0) is 20.8 Å². The maximum absolute atomic E-state index is 13.2. The van der Waals surface area contributed by atoms with Crippen LogP contribution in [0, 0.1) is 0 Å². The third-order valence-corrected chi connectivity index (χ3v) is 5.80. The highest BCUT2D eigenvalue weighted by Gasteiger charge is 2.46. The van der Waals surface area contributed by atoms with Crippen molar-refractivity contribution in [3.8, 4) is 0 Å². The molecule has 3 aromatic rings. The number of aliphatic hydroxyl groups excluding tert-OH is 2. The Morgan fingerprint density at radius 3 is 2.63 bits per heavy atom. The van der Waals surface area contributed by atoms with E-state index in [1.165, 1.54) is 24.4 Å². The molecule has 1 aliphatic heterocycles. The molecule has 4 heterocycles. The monoisotopic (exact) mass is 574 g/mol. The number of carbonyl (C=O) groups is 2. The molecule has 0 aliphatic carbocycles. The maximum atomic E-state index is 13.2. The van der Waals surface area contributed by atoms with Gasteiger partial charge in [-0.2, -0.15) is 4.98 Å². The summed E-state index contributed by atoms with van der Waals surface area (Å²) >= 11 is 0. The number of hydrogen-bond donors (Lipinski definition) is 6. The first-order valence-corrected chi connectivity index (χ1v) is 12.3. The lowest BCUT2D eigenvalue weighted by atomic mass is 10.1. The number of amides is 1. The molecular formula is C24H30N8O9. The normalized spacial score (nSPS) is 20.5. The molecule has 4 unspecified atom stereocenters. The SMILES string of the molecule is C=CCn1c(=O)n(C2OC(COC(=O)c3ccc(NNC(=O)OC(C)(C)C)nc3)C(O)C2O)c2nc(N)[nH]c(=O)c21. The number of aromatic nitrogens is 5. The number of aromatic amines is 1. The van der Waals surface area contributed by atoms with Gasteiger partial charge in [-0.1, -0.05) is 6.08 Å². The van der Waals surface area contributed by atoms with Gasteiger partial charge in [-0.15, -0.1) is 6.58 Å². The molecule has 7 N–H and O–H groups in total. The molecule has 0 radical (unpaired) electrons. The topological polar surface area (TPSA) is 238 Å². The zero-order valence-electron chi connectivity index (χ0n) is 22.4. The molecule has 17 nitrogen and oxygen atoms in total. The Bertz CT molecular complexity index is 1570. The van der Waals surface area contributed by atoms with Gasteiger partial charge in [0.05, 0.1) is 5.56 Å². The van der Waals surface area contributed by atoms with Crippen molar-refractivity contribution in [2.24, 2.45) is 0 Å². The first-order valence-electron chi connectivity index (χ1n) is 12.3. The number of aliphatic hydroxyl groups is 2. The number of carbonyl (C=O) groups excluding carboxylic acids is 2. The lowest BCUT2D eigenvalue weighted by molar-refractivity contribution is -0.0579. The van der Waals surface area contributed by atoms with Crippen molar-refractivity contribution in [1.29, 1.82) is 0 Å². The predicted octanol–water partition coefficient (Wildman–Crippen LogP) is -0.623. The molecule has 3 aromatic heterocycles. The molecule has 41 heavy (non-hydrogen) atoms. The van der Waals surface area contributed by atoms with Crippen LogP contribution in [0.5, 0.6) is 0 Å². The van der Waals surface area contributed by atoms with Crippen molar-refractivity contribution < 1.29 is 34.0 Å². The summed E-state index contributed by atoms with van der Waals surface area (Å²) in [5.41, 5.74) is 8.09. The Hall–Kier alpha value is -4.74. The number of imidazole rings is 1. The number of fused-ring (bicyclic) bond motifs is 1. The highest BCUT2D eigenvalue weighted by atomic mass is 16.6. The van der Waals surface area contributed by atoms with Crippen molar-refractivity contribution in [3.05, 3.63) is 57.4 Å². The van der Waals surface area contributed by atoms with E-state index in [1.807, 2.05) is 0 Å². The number of nitrogens with zero attached hydrogens (tertiary/aromatic N) is 4. The molecule has 0 saturated carbocycles. The number of H-pyrrole nitrogens is 1. The Labute approximate surface area is 231 Å². The van der Waals surface area contributed by atoms with Gasteiger partial charge in [-0.05, 0) is 32.9 Å². The largest absolute Gasteiger partial charge is 0.459 e. The van der Waals surface area contributed by atoms with Crippen LogP contribution in [0.4, 0.5) is 16.6 Å². The van der Waals surface area contributed by atoms with Crippen LogP contribution in [0.1, 0.15) is 37.4 Å². The molecule has 0 bridgehead atoms. The van der Waals surface area contributed by atoms with Crippen molar-refractivity contribution in [1.82, 2.24) is 29.5 Å². The first kappa shape index (κ1) is 29.2. The number of hydrazine groups is 1. The number of ether oxygens (including phenoxy) is 3. The summed E-state index contributed by atoms with van der Waals surface area (Å²) in [6.07, 6.45) is -4.09. The molecule has 0 aromatic carbocycles. The smallest absolute Gasteiger partial charge is 0.426 e. The first-order chi connectivity index (χ1) is 19.3. The molecule has 17 heteroatoms. The van der Waals surface area contributed by atoms with E-state index in [4.69, 9.17) is 19.9 Å². The van der Waals surface area contributed by atoms with Crippen molar-refractivity contribution in [2.45, 2.75) is 57.5 Å². The van der Waals surface area contributed by atoms with E-state index in [0.29, 0.717) is 0 Å². The van der Waals surface area contributed by atoms with Crippen LogP contribution in [0.2, 0.25) is 0 Å². The molecule has 220 valence electrons. The second-order valence-electron chi connectivity index (χ2n) is 10.0. The lowest BCUT2D eigenvalue weighted by Crippen LogP contribution is -2.36. The van der Waals surface area contributed by atoms with Gasteiger partial charge in [0.2, 0.25) is 5.95 Å². The Morgan fingerprint density at radius 2 is 2.00 bits per heavy atom. The molecule has 4 rings (SSSR count). The summed E-state index contributed by atoms with van der Waals surface area (Å²) in [6, 6.07) is 2.78. The number of hydrogen-bond acceptors (Lipinski definition) is 13. The summed E-state index contributed by atoms with van der Waals surface area (Å²) in [7, 11) is 0. The van der Waals surface area contributed by atoms with E-state index in [9.17, 15) is 29.4 Å². The van der Waals surface area contributed by atoms with Crippen LogP contribution >= 0.6 is 0 Å². The van der Waals surface area contributed by atoms with Gasteiger partial charge in [0.1, 0.15) is 36.3 Å².